The zero-order chi connectivity index (χ0) is 15.0. The lowest BCUT2D eigenvalue weighted by atomic mass is 10.1. The molecule has 2 aromatic rings. The number of rotatable bonds is 3. The Morgan fingerprint density at radius 1 is 1.33 bits per heavy atom. The van der Waals surface area contributed by atoms with E-state index in [-0.39, 0.29) is 11.4 Å². The quantitative estimate of drug-likeness (QED) is 0.881. The second kappa shape index (κ2) is 5.12. The van der Waals surface area contributed by atoms with Crippen LogP contribution in [-0.2, 0) is 26.4 Å². The van der Waals surface area contributed by atoms with Gasteiger partial charge >= 0.3 is 5.69 Å². The van der Waals surface area contributed by atoms with E-state index in [0.29, 0.717) is 19.6 Å². The van der Waals surface area contributed by atoms with E-state index in [1.165, 1.54) is 20.9 Å². The Morgan fingerprint density at radius 2 is 2.14 bits per heavy atom. The van der Waals surface area contributed by atoms with E-state index in [1.54, 1.807) is 7.05 Å². The van der Waals surface area contributed by atoms with Gasteiger partial charge in [-0.15, -0.1) is 0 Å². The highest BCUT2D eigenvalue weighted by Gasteiger charge is 2.13. The second-order valence-corrected chi connectivity index (χ2v) is 5.23. The highest BCUT2D eigenvalue weighted by molar-refractivity contribution is 5.39. The van der Waals surface area contributed by atoms with E-state index in [2.05, 4.69) is 6.07 Å². The number of nitrogens with zero attached hydrogens (tertiary/aromatic N) is 2. The molecule has 1 aromatic heterocycles. The molecule has 1 aliphatic heterocycles. The zero-order valence-corrected chi connectivity index (χ0v) is 11.8. The Hall–Kier alpha value is -2.50. The summed E-state index contributed by atoms with van der Waals surface area (Å²) in [6, 6.07) is 5.98. The van der Waals surface area contributed by atoms with Crippen LogP contribution in [0.2, 0.25) is 0 Å². The largest absolute Gasteiger partial charge is 0.493 e. The molecule has 1 aliphatic rings. The molecule has 0 bridgehead atoms. The predicted molar refractivity (Wildman–Crippen MR) is 79.7 cm³/mol. The van der Waals surface area contributed by atoms with Gasteiger partial charge in [0.1, 0.15) is 11.4 Å². The summed E-state index contributed by atoms with van der Waals surface area (Å²) in [5, 5.41) is 0. The van der Waals surface area contributed by atoms with Gasteiger partial charge in [0, 0.05) is 26.2 Å². The SMILES string of the molecule is Cn1cc(N)c(=O)n(CCc2ccc3c(c2)CCO3)c1=O. The number of nitrogen functional groups attached to an aromatic ring is 1. The van der Waals surface area contributed by atoms with Crippen molar-refractivity contribution in [2.75, 3.05) is 12.3 Å². The molecule has 110 valence electrons. The van der Waals surface area contributed by atoms with Crippen LogP contribution < -0.4 is 21.7 Å². The second-order valence-electron chi connectivity index (χ2n) is 5.23. The summed E-state index contributed by atoms with van der Waals surface area (Å²) in [6.07, 6.45) is 2.86. The fourth-order valence-electron chi connectivity index (χ4n) is 2.59. The number of aromatic nitrogens is 2. The first-order chi connectivity index (χ1) is 10.1. The third-order valence-corrected chi connectivity index (χ3v) is 3.74. The summed E-state index contributed by atoms with van der Waals surface area (Å²) in [7, 11) is 1.58. The minimum absolute atomic E-state index is 0.0828. The standard InChI is InChI=1S/C15H17N3O3/c1-17-9-12(16)14(19)18(15(17)20)6-4-10-2-3-13-11(8-10)5-7-21-13/h2-3,8-9H,4-7,16H2,1H3. The molecule has 6 heteroatoms. The first kappa shape index (κ1) is 13.5. The van der Waals surface area contributed by atoms with Crippen LogP contribution in [0.1, 0.15) is 11.1 Å². The molecule has 0 radical (unpaired) electrons. The smallest absolute Gasteiger partial charge is 0.330 e. The number of anilines is 1. The third kappa shape index (κ3) is 2.44. The first-order valence-corrected chi connectivity index (χ1v) is 6.87. The van der Waals surface area contributed by atoms with Crippen molar-refractivity contribution >= 4 is 5.69 Å². The monoisotopic (exact) mass is 287 g/mol. The fourth-order valence-corrected chi connectivity index (χ4v) is 2.59. The molecule has 2 N–H and O–H groups in total. The molecule has 21 heavy (non-hydrogen) atoms. The fraction of sp³-hybridized carbons (Fsp3) is 0.333. The van der Waals surface area contributed by atoms with Crippen LogP contribution in [0.3, 0.4) is 0 Å². The van der Waals surface area contributed by atoms with E-state index in [9.17, 15) is 9.59 Å². The molecule has 0 unspecified atom stereocenters. The summed E-state index contributed by atoms with van der Waals surface area (Å²) in [6.45, 7) is 1.03. The molecule has 2 heterocycles. The van der Waals surface area contributed by atoms with Crippen LogP contribution in [0.5, 0.6) is 5.75 Å². The van der Waals surface area contributed by atoms with Crippen molar-refractivity contribution in [2.24, 2.45) is 7.05 Å². The Morgan fingerprint density at radius 3 is 2.95 bits per heavy atom. The summed E-state index contributed by atoms with van der Waals surface area (Å²) in [5.41, 5.74) is 7.19. The molecule has 0 amide bonds. The van der Waals surface area contributed by atoms with Crippen molar-refractivity contribution in [3.63, 3.8) is 0 Å². The molecule has 0 spiro atoms. The lowest BCUT2D eigenvalue weighted by Gasteiger charge is -2.09. The Kier molecular flexibility index (Phi) is 3.29. The predicted octanol–water partition coefficient (Wildman–Crippen LogP) is 0.307. The number of fused-ring (bicyclic) bond motifs is 1. The minimum Gasteiger partial charge on any atom is -0.493 e. The van der Waals surface area contributed by atoms with Crippen molar-refractivity contribution in [3.05, 3.63) is 56.4 Å². The maximum atomic E-state index is 12.0. The molecular weight excluding hydrogens is 270 g/mol. The number of nitrogens with two attached hydrogens (primary N) is 1. The van der Waals surface area contributed by atoms with Crippen molar-refractivity contribution in [1.29, 1.82) is 0 Å². The van der Waals surface area contributed by atoms with E-state index < -0.39 is 5.56 Å². The summed E-state index contributed by atoms with van der Waals surface area (Å²) in [4.78, 5) is 24.0. The van der Waals surface area contributed by atoms with Crippen LogP contribution in [0.25, 0.3) is 0 Å². The van der Waals surface area contributed by atoms with Gasteiger partial charge in [-0.3, -0.25) is 9.36 Å². The molecule has 0 aliphatic carbocycles. The molecule has 1 aromatic carbocycles. The minimum atomic E-state index is -0.428. The van der Waals surface area contributed by atoms with Gasteiger partial charge in [-0.25, -0.2) is 4.79 Å². The molecule has 3 rings (SSSR count). The van der Waals surface area contributed by atoms with Gasteiger partial charge in [-0.05, 0) is 23.6 Å². The van der Waals surface area contributed by atoms with Crippen molar-refractivity contribution < 1.29 is 4.74 Å². The van der Waals surface area contributed by atoms with Gasteiger partial charge in [-0.1, -0.05) is 12.1 Å². The average molecular weight is 287 g/mol. The number of hydrogen-bond acceptors (Lipinski definition) is 4. The summed E-state index contributed by atoms with van der Waals surface area (Å²) in [5.74, 6) is 0.927. The van der Waals surface area contributed by atoms with Gasteiger partial charge in [0.05, 0.1) is 6.61 Å². The first-order valence-electron chi connectivity index (χ1n) is 6.87. The number of hydrogen-bond donors (Lipinski definition) is 1. The highest BCUT2D eigenvalue weighted by atomic mass is 16.5. The van der Waals surface area contributed by atoms with E-state index in [4.69, 9.17) is 10.5 Å². The Labute approximate surface area is 121 Å². The van der Waals surface area contributed by atoms with Crippen LogP contribution in [0, 0.1) is 0 Å². The topological polar surface area (TPSA) is 79.2 Å². The van der Waals surface area contributed by atoms with Crippen LogP contribution in [-0.4, -0.2) is 15.7 Å². The van der Waals surface area contributed by atoms with Crippen molar-refractivity contribution in [3.8, 4) is 5.75 Å². The number of ether oxygens (including phenoxy) is 1. The Balaban J connectivity index is 1.86. The molecular formula is C15H17N3O3. The zero-order valence-electron chi connectivity index (χ0n) is 11.8. The average Bonchev–Trinajstić information content (AvgIpc) is 2.92. The van der Waals surface area contributed by atoms with Crippen LogP contribution in [0.4, 0.5) is 5.69 Å². The molecule has 6 nitrogen and oxygen atoms in total. The third-order valence-electron chi connectivity index (χ3n) is 3.74. The summed E-state index contributed by atoms with van der Waals surface area (Å²) < 4.78 is 7.97. The number of aryl methyl sites for hydroxylation is 2. The highest BCUT2D eigenvalue weighted by Crippen LogP contribution is 2.25. The van der Waals surface area contributed by atoms with Gasteiger partial charge < -0.3 is 15.0 Å². The lowest BCUT2D eigenvalue weighted by Crippen LogP contribution is -2.40. The number of benzene rings is 1. The van der Waals surface area contributed by atoms with Gasteiger partial charge in [0.25, 0.3) is 5.56 Å². The molecule has 0 saturated carbocycles. The lowest BCUT2D eigenvalue weighted by molar-refractivity contribution is 0.357. The maximum Gasteiger partial charge on any atom is 0.330 e. The van der Waals surface area contributed by atoms with E-state index >= 15 is 0 Å². The van der Waals surface area contributed by atoms with Gasteiger partial charge in [-0.2, -0.15) is 0 Å². The molecule has 0 atom stereocenters. The normalized spacial score (nSPS) is 13.0. The Bertz CT molecular complexity index is 771. The van der Waals surface area contributed by atoms with Gasteiger partial charge in [0.2, 0.25) is 0 Å². The van der Waals surface area contributed by atoms with E-state index in [0.717, 1.165) is 17.7 Å². The van der Waals surface area contributed by atoms with Gasteiger partial charge in [0.15, 0.2) is 0 Å². The maximum absolute atomic E-state index is 12.0. The van der Waals surface area contributed by atoms with Crippen LogP contribution in [0.15, 0.2) is 34.0 Å². The van der Waals surface area contributed by atoms with E-state index in [1.807, 2.05) is 12.1 Å². The molecule has 0 fully saturated rings. The summed E-state index contributed by atoms with van der Waals surface area (Å²) >= 11 is 0. The van der Waals surface area contributed by atoms with Crippen LogP contribution >= 0.6 is 0 Å². The van der Waals surface area contributed by atoms with Crippen molar-refractivity contribution in [1.82, 2.24) is 9.13 Å². The molecule has 0 saturated heterocycles. The van der Waals surface area contributed by atoms with Crippen molar-refractivity contribution in [2.45, 2.75) is 19.4 Å².